The lowest BCUT2D eigenvalue weighted by Gasteiger charge is -2.46. The SMILES string of the molecule is CCN(CC)C(=O)N[C@H]1CC2c3cccc4c3c(c(Br)n4[Si](c3ccccc3)(c3ccccc3)C(C)(C)C)C[C@H]2N(C)C1. The molecule has 2 amide bonds. The molecule has 1 aliphatic heterocycles. The molecule has 0 spiro atoms. The third-order valence-electron chi connectivity index (χ3n) is 10.1. The molecule has 1 saturated heterocycles. The van der Waals surface area contributed by atoms with Gasteiger partial charge in [0.25, 0.3) is 0 Å². The van der Waals surface area contributed by atoms with E-state index in [0.717, 1.165) is 32.5 Å². The first-order valence-electron chi connectivity index (χ1n) is 15.8. The number of nitrogens with one attached hydrogen (secondary N) is 1. The monoisotopic (exact) mass is 656 g/mol. The van der Waals surface area contributed by atoms with E-state index in [9.17, 15) is 4.79 Å². The lowest BCUT2D eigenvalue weighted by Crippen LogP contribution is -2.69. The summed E-state index contributed by atoms with van der Waals surface area (Å²) in [6.45, 7) is 13.7. The smallest absolute Gasteiger partial charge is 0.317 e. The Balaban J connectivity index is 1.55. The minimum atomic E-state index is -2.65. The summed E-state index contributed by atoms with van der Waals surface area (Å²) >= 11 is 4.28. The number of rotatable bonds is 6. The maximum atomic E-state index is 13.0. The molecule has 7 heteroatoms. The van der Waals surface area contributed by atoms with Crippen LogP contribution < -0.4 is 15.7 Å². The highest BCUT2D eigenvalue weighted by Crippen LogP contribution is 2.49. The van der Waals surface area contributed by atoms with E-state index in [-0.39, 0.29) is 17.1 Å². The van der Waals surface area contributed by atoms with Crippen molar-refractivity contribution in [3.63, 3.8) is 0 Å². The van der Waals surface area contributed by atoms with E-state index in [0.29, 0.717) is 12.0 Å². The fraction of sp³-hybridized carbons (Fsp3) is 0.417. The van der Waals surface area contributed by atoms with Gasteiger partial charge >= 0.3 is 6.03 Å². The van der Waals surface area contributed by atoms with Crippen LogP contribution in [0.5, 0.6) is 0 Å². The Bertz CT molecular complexity index is 1570. The predicted octanol–water partition coefficient (Wildman–Crippen LogP) is 6.58. The van der Waals surface area contributed by atoms with Crippen LogP contribution in [0.3, 0.4) is 0 Å². The summed E-state index contributed by atoms with van der Waals surface area (Å²) in [7, 11) is -0.412. The zero-order chi connectivity index (χ0) is 30.5. The Morgan fingerprint density at radius 3 is 2.12 bits per heavy atom. The van der Waals surface area contributed by atoms with Crippen molar-refractivity contribution < 1.29 is 4.79 Å². The summed E-state index contributed by atoms with van der Waals surface area (Å²) in [5, 5.41) is 7.59. The lowest BCUT2D eigenvalue weighted by molar-refractivity contribution is 0.124. The number of urea groups is 1. The van der Waals surface area contributed by atoms with E-state index in [2.05, 4.69) is 137 Å². The quantitative estimate of drug-likeness (QED) is 0.238. The average molecular weight is 658 g/mol. The molecule has 2 aliphatic rings. The predicted molar refractivity (Wildman–Crippen MR) is 185 cm³/mol. The average Bonchev–Trinajstić information content (AvgIpc) is 3.27. The number of likely N-dealkylation sites (tertiary alicyclic amines) is 1. The lowest BCUT2D eigenvalue weighted by atomic mass is 9.74. The normalized spacial score (nSPS) is 20.6. The van der Waals surface area contributed by atoms with E-state index in [1.165, 1.54) is 37.0 Å². The summed E-state index contributed by atoms with van der Waals surface area (Å²) in [5.41, 5.74) is 4.18. The first-order chi connectivity index (χ1) is 20.6. The molecule has 1 aromatic heterocycles. The van der Waals surface area contributed by atoms with E-state index >= 15 is 0 Å². The molecule has 4 aromatic rings. The van der Waals surface area contributed by atoms with Gasteiger partial charge in [0, 0.05) is 48.5 Å². The Morgan fingerprint density at radius 2 is 1.56 bits per heavy atom. The van der Waals surface area contributed by atoms with Crippen molar-refractivity contribution in [3.8, 4) is 0 Å². The summed E-state index contributed by atoms with van der Waals surface area (Å²) < 4.78 is 3.97. The standard InChI is InChI=1S/C36H45BrN4OSi/c1-7-40(8-2)35(42)38-25-22-29-28-20-15-21-31-33(28)30(23-32(29)39(6)24-25)34(37)41(31)43(36(3,4)5,26-16-11-9-12-17-26)27-18-13-10-14-19-27/h9-21,25,29,32H,7-8,22-24H2,1-6H3,(H,38,42)/t25-,29?,32+/m0/s1. The molecule has 1 unspecified atom stereocenters. The van der Waals surface area contributed by atoms with Crippen LogP contribution >= 0.6 is 15.9 Å². The molecule has 1 aliphatic carbocycles. The number of likely N-dealkylation sites (N-methyl/N-ethyl adjacent to an activating group) is 1. The van der Waals surface area contributed by atoms with Crippen LogP contribution in [0.25, 0.3) is 10.9 Å². The maximum Gasteiger partial charge on any atom is 0.317 e. The Labute approximate surface area is 266 Å². The van der Waals surface area contributed by atoms with Gasteiger partial charge in [0.05, 0.1) is 4.60 Å². The van der Waals surface area contributed by atoms with Gasteiger partial charge in [0.2, 0.25) is 8.24 Å². The van der Waals surface area contributed by atoms with Gasteiger partial charge in [-0.15, -0.1) is 0 Å². The van der Waals surface area contributed by atoms with Crippen LogP contribution in [0.4, 0.5) is 4.79 Å². The van der Waals surface area contributed by atoms with Crippen LogP contribution in [0.15, 0.2) is 83.5 Å². The molecule has 3 aromatic carbocycles. The number of piperidine rings is 1. The van der Waals surface area contributed by atoms with Gasteiger partial charge in [0.15, 0.2) is 0 Å². The molecule has 6 rings (SSSR count). The Hall–Kier alpha value is -2.87. The molecule has 0 saturated carbocycles. The van der Waals surface area contributed by atoms with Crippen LogP contribution in [-0.4, -0.2) is 67.1 Å². The van der Waals surface area contributed by atoms with Crippen molar-refractivity contribution >= 4 is 51.5 Å². The summed E-state index contributed by atoms with van der Waals surface area (Å²) in [6, 6.07) is 30.0. The zero-order valence-corrected chi connectivity index (χ0v) is 29.0. The molecule has 43 heavy (non-hydrogen) atoms. The van der Waals surface area contributed by atoms with Crippen molar-refractivity contribution in [2.45, 2.75) is 70.5 Å². The summed E-state index contributed by atoms with van der Waals surface area (Å²) in [5.74, 6) is 0.360. The number of aromatic nitrogens is 1. The molecule has 2 heterocycles. The summed E-state index contributed by atoms with van der Waals surface area (Å²) in [4.78, 5) is 17.4. The fourth-order valence-electron chi connectivity index (χ4n) is 8.28. The van der Waals surface area contributed by atoms with Gasteiger partial charge in [-0.2, -0.15) is 0 Å². The minimum absolute atomic E-state index is 0.0329. The molecule has 0 radical (unpaired) electrons. The number of fused-ring (bicyclic) bond motifs is 2. The number of hydrogen-bond donors (Lipinski definition) is 1. The Morgan fingerprint density at radius 1 is 0.953 bits per heavy atom. The van der Waals surface area contributed by atoms with Gasteiger partial charge in [-0.05, 0) is 82.3 Å². The highest BCUT2D eigenvalue weighted by Gasteiger charge is 2.53. The minimum Gasteiger partial charge on any atom is -0.353 e. The fourth-order valence-corrected chi connectivity index (χ4v) is 15.2. The number of halogens is 1. The third kappa shape index (κ3) is 4.79. The molecular formula is C36H45BrN4OSi. The van der Waals surface area contributed by atoms with Crippen molar-refractivity contribution in [1.29, 1.82) is 0 Å². The van der Waals surface area contributed by atoms with Crippen LogP contribution in [0, 0.1) is 0 Å². The van der Waals surface area contributed by atoms with Gasteiger partial charge in [-0.3, -0.25) is 0 Å². The zero-order valence-electron chi connectivity index (χ0n) is 26.4. The van der Waals surface area contributed by atoms with Crippen LogP contribution in [0.1, 0.15) is 58.1 Å². The number of carbonyl (C=O) groups excluding carboxylic acids is 1. The number of nitrogens with zero attached hydrogens (tertiary/aromatic N) is 3. The van der Waals surface area contributed by atoms with Crippen molar-refractivity contribution in [2.75, 3.05) is 26.7 Å². The number of hydrogen-bond acceptors (Lipinski definition) is 2. The van der Waals surface area contributed by atoms with Gasteiger partial charge in [-0.1, -0.05) is 93.6 Å². The first-order valence-corrected chi connectivity index (χ1v) is 18.6. The topological polar surface area (TPSA) is 40.5 Å². The highest BCUT2D eigenvalue weighted by atomic mass is 79.9. The molecule has 3 atom stereocenters. The first kappa shape index (κ1) is 30.2. The number of carbonyl (C=O) groups is 1. The van der Waals surface area contributed by atoms with Gasteiger partial charge in [-0.25, -0.2) is 4.79 Å². The van der Waals surface area contributed by atoms with E-state index in [1.54, 1.807) is 0 Å². The molecule has 0 bridgehead atoms. The van der Waals surface area contributed by atoms with Crippen LogP contribution in [0.2, 0.25) is 5.04 Å². The number of benzene rings is 3. The molecular weight excluding hydrogens is 612 g/mol. The van der Waals surface area contributed by atoms with Crippen molar-refractivity contribution in [3.05, 3.63) is 94.6 Å². The second kappa shape index (κ2) is 11.6. The second-order valence-electron chi connectivity index (χ2n) is 13.4. The highest BCUT2D eigenvalue weighted by molar-refractivity contribution is 9.10. The van der Waals surface area contributed by atoms with Crippen molar-refractivity contribution in [2.24, 2.45) is 0 Å². The maximum absolute atomic E-state index is 13.0. The van der Waals surface area contributed by atoms with E-state index < -0.39 is 8.24 Å². The second-order valence-corrected chi connectivity index (χ2v) is 18.7. The molecule has 1 fully saturated rings. The van der Waals surface area contributed by atoms with Crippen molar-refractivity contribution in [1.82, 2.24) is 19.3 Å². The van der Waals surface area contributed by atoms with Crippen LogP contribution in [-0.2, 0) is 6.42 Å². The molecule has 1 N–H and O–H groups in total. The third-order valence-corrected chi connectivity index (χ3v) is 16.9. The molecule has 226 valence electrons. The van der Waals surface area contributed by atoms with E-state index in [1.807, 2.05) is 18.7 Å². The largest absolute Gasteiger partial charge is 0.353 e. The Kier molecular flexibility index (Phi) is 8.11. The van der Waals surface area contributed by atoms with Gasteiger partial charge in [0.1, 0.15) is 0 Å². The van der Waals surface area contributed by atoms with Gasteiger partial charge < -0.3 is 19.3 Å². The molecule has 5 nitrogen and oxygen atoms in total. The number of amides is 2. The van der Waals surface area contributed by atoms with E-state index in [4.69, 9.17) is 0 Å². The summed E-state index contributed by atoms with van der Waals surface area (Å²) in [6.07, 6.45) is 1.96.